The number of anilines is 2. The van der Waals surface area contributed by atoms with Crippen molar-refractivity contribution in [3.8, 4) is 0 Å². The van der Waals surface area contributed by atoms with E-state index in [9.17, 15) is 9.18 Å². The molecular formula is C20H24FN5O3. The molecular weight excluding hydrogens is 377 g/mol. The number of imidazole rings is 1. The highest BCUT2D eigenvalue weighted by Gasteiger charge is 2.18. The van der Waals surface area contributed by atoms with Gasteiger partial charge in [-0.2, -0.15) is 0 Å². The second-order valence-corrected chi connectivity index (χ2v) is 5.57. The number of hydrogen-bond acceptors (Lipinski definition) is 6. The zero-order valence-corrected chi connectivity index (χ0v) is 16.6. The minimum Gasteiger partial charge on any atom is -0.499 e. The molecule has 2 N–H and O–H groups in total. The fourth-order valence-electron chi connectivity index (χ4n) is 2.37. The Morgan fingerprint density at radius 2 is 2.10 bits per heavy atom. The van der Waals surface area contributed by atoms with Crippen LogP contribution in [-0.2, 0) is 9.57 Å². The van der Waals surface area contributed by atoms with E-state index < -0.39 is 11.7 Å². The maximum atomic E-state index is 14.3. The van der Waals surface area contributed by atoms with Crippen LogP contribution < -0.4 is 10.8 Å². The highest BCUT2D eigenvalue weighted by atomic mass is 19.1. The highest BCUT2D eigenvalue weighted by Crippen LogP contribution is 2.24. The monoisotopic (exact) mass is 401 g/mol. The second kappa shape index (κ2) is 10.8. The molecule has 0 radical (unpaired) electrons. The van der Waals surface area contributed by atoms with Crippen LogP contribution in [0.15, 0.2) is 49.8 Å². The fraction of sp³-hybridized carbons (Fsp3) is 0.250. The van der Waals surface area contributed by atoms with Gasteiger partial charge in [-0.05, 0) is 24.6 Å². The molecule has 9 heteroatoms. The first kappa shape index (κ1) is 21.8. The minimum atomic E-state index is -0.598. The summed E-state index contributed by atoms with van der Waals surface area (Å²) in [6.45, 7) is 9.55. The topological polar surface area (TPSA) is 89.8 Å². The van der Waals surface area contributed by atoms with E-state index in [0.717, 1.165) is 5.56 Å². The van der Waals surface area contributed by atoms with Gasteiger partial charge in [0.25, 0.3) is 5.91 Å². The number of ether oxygens (including phenoxy) is 1. The standard InChI is InChI=1S/C18H18FN5O3.C2H6/c1-3-26-6-7-27-23-18(25)16-17(24-11-20-9-13(24)10-21-16)22-15-5-4-12(2)8-14(15)19;1-2/h3-5,8-11,22H,1,6-7H2,2H3,(H,23,25);1-2H3. The molecule has 0 unspecified atom stereocenters. The van der Waals surface area contributed by atoms with Crippen LogP contribution in [0, 0.1) is 12.7 Å². The third-order valence-corrected chi connectivity index (χ3v) is 3.64. The lowest BCUT2D eigenvalue weighted by molar-refractivity contribution is 0.0141. The molecule has 0 bridgehead atoms. The lowest BCUT2D eigenvalue weighted by Crippen LogP contribution is -2.27. The summed E-state index contributed by atoms with van der Waals surface area (Å²) in [5.41, 5.74) is 3.93. The van der Waals surface area contributed by atoms with Gasteiger partial charge >= 0.3 is 0 Å². The van der Waals surface area contributed by atoms with Gasteiger partial charge in [0.15, 0.2) is 5.69 Å². The van der Waals surface area contributed by atoms with E-state index in [-0.39, 0.29) is 30.4 Å². The van der Waals surface area contributed by atoms with Crippen molar-refractivity contribution in [3.63, 3.8) is 0 Å². The summed E-state index contributed by atoms with van der Waals surface area (Å²) in [5, 5.41) is 2.92. The molecule has 0 aliphatic rings. The molecule has 1 amide bonds. The molecule has 0 saturated heterocycles. The molecule has 154 valence electrons. The number of hydroxylamine groups is 1. The minimum absolute atomic E-state index is 0.0186. The SMILES string of the molecule is C=COCCONC(=O)c1ncc2cncn2c1Nc1ccc(C)cc1F.CC. The van der Waals surface area contributed by atoms with Gasteiger partial charge in [0, 0.05) is 0 Å². The molecule has 1 aromatic carbocycles. The number of fused-ring (bicyclic) bond motifs is 1. The zero-order valence-electron chi connectivity index (χ0n) is 16.6. The maximum Gasteiger partial charge on any atom is 0.297 e. The summed E-state index contributed by atoms with van der Waals surface area (Å²) in [7, 11) is 0. The van der Waals surface area contributed by atoms with Crippen molar-refractivity contribution in [2.45, 2.75) is 20.8 Å². The molecule has 3 rings (SSSR count). The number of rotatable bonds is 8. The van der Waals surface area contributed by atoms with Crippen LogP contribution in [0.4, 0.5) is 15.9 Å². The molecule has 0 saturated carbocycles. The molecule has 0 fully saturated rings. The Bertz CT molecular complexity index is 974. The molecule has 3 aromatic rings. The van der Waals surface area contributed by atoms with Crippen LogP contribution in [0.1, 0.15) is 29.9 Å². The normalized spacial score (nSPS) is 10.1. The van der Waals surface area contributed by atoms with E-state index in [1.165, 1.54) is 24.9 Å². The van der Waals surface area contributed by atoms with E-state index in [0.29, 0.717) is 5.52 Å². The molecule has 29 heavy (non-hydrogen) atoms. The van der Waals surface area contributed by atoms with Crippen LogP contribution in [0.3, 0.4) is 0 Å². The zero-order chi connectivity index (χ0) is 21.2. The number of nitrogens with one attached hydrogen (secondary N) is 2. The van der Waals surface area contributed by atoms with Crippen LogP contribution in [0.25, 0.3) is 5.52 Å². The molecule has 0 spiro atoms. The first-order valence-electron chi connectivity index (χ1n) is 9.09. The van der Waals surface area contributed by atoms with E-state index in [1.54, 1.807) is 29.7 Å². The fourth-order valence-corrected chi connectivity index (χ4v) is 2.37. The Balaban J connectivity index is 0.00000145. The Hall–Kier alpha value is -3.46. The smallest absolute Gasteiger partial charge is 0.297 e. The second-order valence-electron chi connectivity index (χ2n) is 5.57. The van der Waals surface area contributed by atoms with Gasteiger partial charge in [-0.3, -0.25) is 14.0 Å². The molecule has 8 nitrogen and oxygen atoms in total. The van der Waals surface area contributed by atoms with Crippen molar-refractivity contribution in [3.05, 3.63) is 66.8 Å². The molecule has 0 aliphatic heterocycles. The van der Waals surface area contributed by atoms with E-state index in [1.807, 2.05) is 13.8 Å². The highest BCUT2D eigenvalue weighted by molar-refractivity contribution is 5.97. The number of benzene rings is 1. The third kappa shape index (κ3) is 5.52. The van der Waals surface area contributed by atoms with Crippen molar-refractivity contribution in [2.75, 3.05) is 18.5 Å². The molecule has 2 aromatic heterocycles. The largest absolute Gasteiger partial charge is 0.499 e. The number of hydrogen-bond donors (Lipinski definition) is 2. The average Bonchev–Trinajstić information content (AvgIpc) is 3.20. The Morgan fingerprint density at radius 1 is 1.31 bits per heavy atom. The maximum absolute atomic E-state index is 14.3. The van der Waals surface area contributed by atoms with Crippen molar-refractivity contribution < 1.29 is 18.8 Å². The van der Waals surface area contributed by atoms with Gasteiger partial charge in [0.05, 0.1) is 29.9 Å². The first-order valence-corrected chi connectivity index (χ1v) is 9.09. The average molecular weight is 401 g/mol. The summed E-state index contributed by atoms with van der Waals surface area (Å²) in [6, 6.07) is 4.74. The van der Waals surface area contributed by atoms with Gasteiger partial charge < -0.3 is 10.1 Å². The Labute approximate surface area is 168 Å². The van der Waals surface area contributed by atoms with Gasteiger partial charge in [-0.1, -0.05) is 26.5 Å². The van der Waals surface area contributed by atoms with E-state index >= 15 is 0 Å². The third-order valence-electron chi connectivity index (χ3n) is 3.64. The number of aryl methyl sites for hydroxylation is 1. The molecule has 0 aliphatic carbocycles. The predicted molar refractivity (Wildman–Crippen MR) is 108 cm³/mol. The lowest BCUT2D eigenvalue weighted by Gasteiger charge is -2.14. The van der Waals surface area contributed by atoms with E-state index in [2.05, 4.69) is 27.3 Å². The quantitative estimate of drug-likeness (QED) is 0.339. The first-order chi connectivity index (χ1) is 14.1. The van der Waals surface area contributed by atoms with Gasteiger partial charge in [0.1, 0.15) is 31.2 Å². The number of carbonyl (C=O) groups excluding carboxylic acids is 1. The number of amides is 1. The summed E-state index contributed by atoms with van der Waals surface area (Å²) >= 11 is 0. The van der Waals surface area contributed by atoms with Gasteiger partial charge in [0.2, 0.25) is 0 Å². The summed E-state index contributed by atoms with van der Waals surface area (Å²) in [5.74, 6) is -0.785. The number of aromatic nitrogens is 3. The summed E-state index contributed by atoms with van der Waals surface area (Å²) in [6.07, 6.45) is 5.84. The molecule has 0 atom stereocenters. The number of carbonyl (C=O) groups is 1. The van der Waals surface area contributed by atoms with Crippen LogP contribution in [0.2, 0.25) is 0 Å². The van der Waals surface area contributed by atoms with Crippen LogP contribution in [0.5, 0.6) is 0 Å². The van der Waals surface area contributed by atoms with E-state index in [4.69, 9.17) is 9.57 Å². The van der Waals surface area contributed by atoms with Crippen LogP contribution >= 0.6 is 0 Å². The summed E-state index contributed by atoms with van der Waals surface area (Å²) in [4.78, 5) is 25.7. The van der Waals surface area contributed by atoms with Crippen molar-refractivity contribution in [2.24, 2.45) is 0 Å². The van der Waals surface area contributed by atoms with Gasteiger partial charge in [-0.25, -0.2) is 19.8 Å². The summed E-state index contributed by atoms with van der Waals surface area (Å²) < 4.78 is 20.8. The predicted octanol–water partition coefficient (Wildman–Crippen LogP) is 3.77. The van der Waals surface area contributed by atoms with Crippen molar-refractivity contribution >= 4 is 22.9 Å². The Kier molecular flexibility index (Phi) is 8.11. The number of halogens is 1. The van der Waals surface area contributed by atoms with Crippen molar-refractivity contribution in [1.82, 2.24) is 19.8 Å². The number of nitrogens with zero attached hydrogens (tertiary/aromatic N) is 3. The molecule has 2 heterocycles. The Morgan fingerprint density at radius 3 is 2.83 bits per heavy atom. The lowest BCUT2D eigenvalue weighted by atomic mass is 10.2. The van der Waals surface area contributed by atoms with Gasteiger partial charge in [-0.15, -0.1) is 0 Å². The van der Waals surface area contributed by atoms with Crippen LogP contribution in [-0.4, -0.2) is 33.5 Å². The van der Waals surface area contributed by atoms with Crippen molar-refractivity contribution in [1.29, 1.82) is 0 Å².